The van der Waals surface area contributed by atoms with Crippen molar-refractivity contribution < 1.29 is 0 Å². The summed E-state index contributed by atoms with van der Waals surface area (Å²) in [4.78, 5) is 0. The van der Waals surface area contributed by atoms with Gasteiger partial charge in [-0.2, -0.15) is 0 Å². The predicted octanol–water partition coefficient (Wildman–Crippen LogP) is 4.24. The van der Waals surface area contributed by atoms with Crippen LogP contribution in [0.3, 0.4) is 0 Å². The molecule has 3 N–H and O–H groups in total. The Kier molecular flexibility index (Phi) is 11.5. The molecule has 0 atom stereocenters. The number of hydrogen-bond acceptors (Lipinski definition) is 2. The maximum Gasteiger partial charge on any atom is -0.00463 e. The van der Waals surface area contributed by atoms with Gasteiger partial charge >= 0.3 is 0 Å². The zero-order valence-corrected chi connectivity index (χ0v) is 13.0. The molecule has 2 nitrogen and oxygen atoms in total. The van der Waals surface area contributed by atoms with Crippen molar-refractivity contribution in [1.29, 1.82) is 0 Å². The molecule has 0 aliphatic carbocycles. The van der Waals surface area contributed by atoms with Gasteiger partial charge in [-0.05, 0) is 44.8 Å². The molecule has 0 aromatic heterocycles. The van der Waals surface area contributed by atoms with E-state index < -0.39 is 0 Å². The third-order valence-electron chi connectivity index (χ3n) is 4.53. The second-order valence-electron chi connectivity index (χ2n) is 6.31. The topological polar surface area (TPSA) is 38.0 Å². The van der Waals surface area contributed by atoms with Crippen molar-refractivity contribution in [2.45, 2.75) is 83.5 Å². The molecule has 1 rings (SSSR count). The Hall–Kier alpha value is -0.0800. The van der Waals surface area contributed by atoms with Crippen LogP contribution in [0.1, 0.15) is 83.5 Å². The third kappa shape index (κ3) is 10.4. The van der Waals surface area contributed by atoms with Crippen LogP contribution in [-0.4, -0.2) is 19.6 Å². The van der Waals surface area contributed by atoms with Gasteiger partial charge in [-0.25, -0.2) is 0 Å². The van der Waals surface area contributed by atoms with Crippen molar-refractivity contribution in [1.82, 2.24) is 5.32 Å². The summed E-state index contributed by atoms with van der Waals surface area (Å²) in [7, 11) is 0. The molecule has 0 spiro atoms. The van der Waals surface area contributed by atoms with Crippen LogP contribution in [0.4, 0.5) is 0 Å². The lowest BCUT2D eigenvalue weighted by molar-refractivity contribution is 0.342. The first-order valence-corrected chi connectivity index (χ1v) is 8.84. The standard InChI is InChI=1S/C17H36N2/c18-14-10-8-6-4-2-1-3-5-7-9-11-17-12-15-19-16-13-17/h17,19H,1-16,18H2. The van der Waals surface area contributed by atoms with Crippen LogP contribution in [0, 0.1) is 5.92 Å². The Bertz CT molecular complexity index is 176. The fourth-order valence-corrected chi connectivity index (χ4v) is 3.16. The molecule has 0 aromatic rings. The molecule has 1 fully saturated rings. The molecule has 0 aromatic carbocycles. The molecule has 1 aliphatic heterocycles. The first-order chi connectivity index (χ1) is 9.43. The zero-order valence-electron chi connectivity index (χ0n) is 13.0. The smallest absolute Gasteiger partial charge is 0.00463 e. The van der Waals surface area contributed by atoms with Gasteiger partial charge in [-0.1, -0.05) is 64.2 Å². The average Bonchev–Trinajstić information content (AvgIpc) is 2.46. The van der Waals surface area contributed by atoms with E-state index in [4.69, 9.17) is 5.73 Å². The highest BCUT2D eigenvalue weighted by molar-refractivity contribution is 4.68. The Morgan fingerprint density at radius 3 is 1.68 bits per heavy atom. The van der Waals surface area contributed by atoms with Gasteiger partial charge in [0.1, 0.15) is 0 Å². The molecule has 0 unspecified atom stereocenters. The first kappa shape index (κ1) is 17.0. The van der Waals surface area contributed by atoms with E-state index in [0.717, 1.165) is 12.5 Å². The maximum absolute atomic E-state index is 5.49. The molecule has 1 aliphatic rings. The third-order valence-corrected chi connectivity index (χ3v) is 4.53. The van der Waals surface area contributed by atoms with E-state index in [1.165, 1.54) is 96.6 Å². The van der Waals surface area contributed by atoms with E-state index in [9.17, 15) is 0 Å². The molecule has 0 radical (unpaired) electrons. The van der Waals surface area contributed by atoms with Crippen molar-refractivity contribution in [3.63, 3.8) is 0 Å². The minimum absolute atomic E-state index is 0.872. The minimum atomic E-state index is 0.872. The number of piperidine rings is 1. The van der Waals surface area contributed by atoms with E-state index in [-0.39, 0.29) is 0 Å². The second kappa shape index (κ2) is 12.9. The van der Waals surface area contributed by atoms with Crippen LogP contribution in [0.25, 0.3) is 0 Å². The number of hydrogen-bond donors (Lipinski definition) is 2. The Balaban J connectivity index is 1.71. The summed E-state index contributed by atoms with van der Waals surface area (Å²) in [6.07, 6.45) is 18.5. The summed E-state index contributed by atoms with van der Waals surface area (Å²) in [6.45, 7) is 3.39. The molecule has 114 valence electrons. The van der Waals surface area contributed by atoms with Gasteiger partial charge in [0.2, 0.25) is 0 Å². The average molecular weight is 268 g/mol. The Labute approximate surface area is 120 Å². The largest absolute Gasteiger partial charge is 0.330 e. The number of nitrogens with one attached hydrogen (secondary N) is 1. The minimum Gasteiger partial charge on any atom is -0.330 e. The van der Waals surface area contributed by atoms with Crippen molar-refractivity contribution in [3.05, 3.63) is 0 Å². The van der Waals surface area contributed by atoms with E-state index >= 15 is 0 Å². The highest BCUT2D eigenvalue weighted by atomic mass is 14.9. The second-order valence-corrected chi connectivity index (χ2v) is 6.31. The molecule has 2 heteroatoms. The van der Waals surface area contributed by atoms with Gasteiger partial charge in [0, 0.05) is 0 Å². The summed E-state index contributed by atoms with van der Waals surface area (Å²) in [5.41, 5.74) is 5.49. The van der Waals surface area contributed by atoms with Crippen LogP contribution in [0.5, 0.6) is 0 Å². The first-order valence-electron chi connectivity index (χ1n) is 8.84. The highest BCUT2D eigenvalue weighted by Crippen LogP contribution is 2.20. The summed E-state index contributed by atoms with van der Waals surface area (Å²) in [5.74, 6) is 1.03. The highest BCUT2D eigenvalue weighted by Gasteiger charge is 2.11. The van der Waals surface area contributed by atoms with Crippen molar-refractivity contribution in [2.75, 3.05) is 19.6 Å². The van der Waals surface area contributed by atoms with Gasteiger partial charge in [0.05, 0.1) is 0 Å². The molecule has 0 amide bonds. The molecule has 19 heavy (non-hydrogen) atoms. The molecular formula is C17H36N2. The molecular weight excluding hydrogens is 232 g/mol. The van der Waals surface area contributed by atoms with Crippen LogP contribution in [-0.2, 0) is 0 Å². The lowest BCUT2D eigenvalue weighted by atomic mass is 9.92. The predicted molar refractivity (Wildman–Crippen MR) is 85.4 cm³/mol. The van der Waals surface area contributed by atoms with E-state index in [1.54, 1.807) is 0 Å². The normalized spacial score (nSPS) is 16.9. The van der Waals surface area contributed by atoms with Crippen LogP contribution >= 0.6 is 0 Å². The van der Waals surface area contributed by atoms with Gasteiger partial charge in [-0.15, -0.1) is 0 Å². The number of unbranched alkanes of at least 4 members (excludes halogenated alkanes) is 9. The summed E-state index contributed by atoms with van der Waals surface area (Å²) in [6, 6.07) is 0. The lowest BCUT2D eigenvalue weighted by Crippen LogP contribution is -2.27. The van der Waals surface area contributed by atoms with E-state index in [1.807, 2.05) is 0 Å². The van der Waals surface area contributed by atoms with Gasteiger partial charge in [-0.3, -0.25) is 0 Å². The fourth-order valence-electron chi connectivity index (χ4n) is 3.16. The molecule has 0 saturated carbocycles. The van der Waals surface area contributed by atoms with Crippen LogP contribution in [0.15, 0.2) is 0 Å². The van der Waals surface area contributed by atoms with Gasteiger partial charge in [0.25, 0.3) is 0 Å². The number of rotatable bonds is 12. The Morgan fingerprint density at radius 1 is 0.684 bits per heavy atom. The van der Waals surface area contributed by atoms with E-state index in [2.05, 4.69) is 5.32 Å². The summed E-state index contributed by atoms with van der Waals surface area (Å²) >= 11 is 0. The number of nitrogens with two attached hydrogens (primary N) is 1. The van der Waals surface area contributed by atoms with Crippen molar-refractivity contribution in [3.8, 4) is 0 Å². The maximum atomic E-state index is 5.49. The van der Waals surface area contributed by atoms with Gasteiger partial charge < -0.3 is 11.1 Å². The zero-order chi connectivity index (χ0) is 13.6. The van der Waals surface area contributed by atoms with Crippen molar-refractivity contribution in [2.24, 2.45) is 11.7 Å². The summed E-state index contributed by atoms with van der Waals surface area (Å²) in [5, 5.41) is 3.45. The van der Waals surface area contributed by atoms with Crippen LogP contribution < -0.4 is 11.1 Å². The summed E-state index contributed by atoms with van der Waals surface area (Å²) < 4.78 is 0. The SMILES string of the molecule is NCCCCCCCCCCCCC1CCNCC1. The lowest BCUT2D eigenvalue weighted by Gasteiger charge is -2.22. The van der Waals surface area contributed by atoms with Crippen molar-refractivity contribution >= 4 is 0 Å². The molecule has 0 bridgehead atoms. The fraction of sp³-hybridized carbons (Fsp3) is 1.00. The Morgan fingerprint density at radius 2 is 1.16 bits per heavy atom. The van der Waals surface area contributed by atoms with Gasteiger partial charge in [0.15, 0.2) is 0 Å². The molecule has 1 heterocycles. The monoisotopic (exact) mass is 268 g/mol. The quantitative estimate of drug-likeness (QED) is 0.520. The molecule has 1 saturated heterocycles. The van der Waals surface area contributed by atoms with Crippen LogP contribution in [0.2, 0.25) is 0 Å². The van der Waals surface area contributed by atoms with E-state index in [0.29, 0.717) is 0 Å².